The Balaban J connectivity index is 2.39. The molecule has 0 aromatic heterocycles. The number of carbonyl (C=O) groups excluding carboxylic acids is 3. The Morgan fingerprint density at radius 2 is 1.71 bits per heavy atom. The van der Waals surface area contributed by atoms with E-state index in [1.54, 1.807) is 20.8 Å². The highest BCUT2D eigenvalue weighted by Gasteiger charge is 2.26. The first-order valence-corrected chi connectivity index (χ1v) is 5.49. The molecular formula is C11H17NO5. The molecule has 0 aliphatic carbocycles. The van der Waals surface area contributed by atoms with Crippen molar-refractivity contribution in [2.75, 3.05) is 13.1 Å². The molecule has 6 nitrogen and oxygen atoms in total. The fraction of sp³-hybridized carbons (Fsp3) is 0.727. The Morgan fingerprint density at radius 3 is 2.18 bits per heavy atom. The third-order valence-corrected chi connectivity index (χ3v) is 2.14. The number of ketones is 1. The van der Waals surface area contributed by atoms with Gasteiger partial charge >= 0.3 is 12.2 Å². The number of carbonyl (C=O) groups is 3. The van der Waals surface area contributed by atoms with Gasteiger partial charge in [-0.1, -0.05) is 0 Å². The molecule has 1 fully saturated rings. The molecule has 0 saturated carbocycles. The van der Waals surface area contributed by atoms with Gasteiger partial charge in [0, 0.05) is 25.9 Å². The Bertz CT molecular complexity index is 321. The normalized spacial score (nSPS) is 16.6. The monoisotopic (exact) mass is 243 g/mol. The van der Waals surface area contributed by atoms with Crippen LogP contribution in [0.3, 0.4) is 0 Å². The van der Waals surface area contributed by atoms with Crippen molar-refractivity contribution in [2.24, 2.45) is 0 Å². The summed E-state index contributed by atoms with van der Waals surface area (Å²) in [7, 11) is 0. The zero-order valence-corrected chi connectivity index (χ0v) is 10.3. The highest BCUT2D eigenvalue weighted by molar-refractivity contribution is 5.84. The molecule has 1 aliphatic rings. The molecule has 1 heterocycles. The molecular weight excluding hydrogens is 226 g/mol. The lowest BCUT2D eigenvalue weighted by atomic mass is 10.1. The fourth-order valence-corrected chi connectivity index (χ4v) is 1.35. The minimum atomic E-state index is -1.01. The van der Waals surface area contributed by atoms with Gasteiger partial charge < -0.3 is 14.4 Å². The molecule has 0 spiro atoms. The van der Waals surface area contributed by atoms with E-state index in [4.69, 9.17) is 4.74 Å². The standard InChI is InChI=1S/C11H17NO5/c1-11(2,3)17-10(15)16-9(14)12-6-4-8(13)5-7-12/h4-7H2,1-3H3. The smallest absolute Gasteiger partial charge is 0.428 e. The summed E-state index contributed by atoms with van der Waals surface area (Å²) in [6, 6.07) is 0. The van der Waals surface area contributed by atoms with E-state index in [0.29, 0.717) is 25.9 Å². The zero-order valence-electron chi connectivity index (χ0n) is 10.3. The number of amides is 1. The van der Waals surface area contributed by atoms with Crippen molar-refractivity contribution in [1.82, 2.24) is 4.90 Å². The lowest BCUT2D eigenvalue weighted by molar-refractivity contribution is -0.121. The van der Waals surface area contributed by atoms with Gasteiger partial charge in [-0.15, -0.1) is 0 Å². The quantitative estimate of drug-likeness (QED) is 0.478. The molecule has 0 aromatic rings. The second-order valence-electron chi connectivity index (χ2n) is 4.86. The average Bonchev–Trinajstić information content (AvgIpc) is 2.15. The van der Waals surface area contributed by atoms with Crippen LogP contribution in [-0.4, -0.2) is 41.6 Å². The number of hydrogen-bond acceptors (Lipinski definition) is 5. The molecule has 96 valence electrons. The zero-order chi connectivity index (χ0) is 13.1. The van der Waals surface area contributed by atoms with Crippen LogP contribution in [0.25, 0.3) is 0 Å². The van der Waals surface area contributed by atoms with Crippen molar-refractivity contribution in [2.45, 2.75) is 39.2 Å². The van der Waals surface area contributed by atoms with Gasteiger partial charge in [0.2, 0.25) is 0 Å². The van der Waals surface area contributed by atoms with E-state index in [1.165, 1.54) is 4.90 Å². The Morgan fingerprint density at radius 1 is 1.18 bits per heavy atom. The number of likely N-dealkylation sites (tertiary alicyclic amines) is 1. The third kappa shape index (κ3) is 4.84. The maximum absolute atomic E-state index is 11.5. The first kappa shape index (κ1) is 13.5. The second-order valence-corrected chi connectivity index (χ2v) is 4.86. The van der Waals surface area contributed by atoms with Gasteiger partial charge in [0.05, 0.1) is 0 Å². The highest BCUT2D eigenvalue weighted by atomic mass is 16.8. The molecule has 0 radical (unpaired) electrons. The Kier molecular flexibility index (Phi) is 4.09. The highest BCUT2D eigenvalue weighted by Crippen LogP contribution is 2.11. The van der Waals surface area contributed by atoms with Gasteiger partial charge in [0.15, 0.2) is 0 Å². The molecule has 1 amide bonds. The molecule has 0 N–H and O–H groups in total. The Labute approximate surface area is 99.9 Å². The average molecular weight is 243 g/mol. The summed E-state index contributed by atoms with van der Waals surface area (Å²) in [4.78, 5) is 35.0. The lowest BCUT2D eigenvalue weighted by Gasteiger charge is -2.25. The van der Waals surface area contributed by atoms with E-state index in [-0.39, 0.29) is 5.78 Å². The second kappa shape index (κ2) is 5.16. The van der Waals surface area contributed by atoms with Crippen molar-refractivity contribution < 1.29 is 23.9 Å². The van der Waals surface area contributed by atoms with Gasteiger partial charge in [-0.05, 0) is 20.8 Å². The first-order valence-electron chi connectivity index (χ1n) is 5.49. The van der Waals surface area contributed by atoms with E-state index in [9.17, 15) is 14.4 Å². The van der Waals surface area contributed by atoms with Crippen LogP contribution >= 0.6 is 0 Å². The van der Waals surface area contributed by atoms with Crippen LogP contribution in [0.1, 0.15) is 33.6 Å². The van der Waals surface area contributed by atoms with Gasteiger partial charge in [-0.2, -0.15) is 0 Å². The number of hydrogen-bond donors (Lipinski definition) is 0. The number of piperidine rings is 1. The van der Waals surface area contributed by atoms with Crippen molar-refractivity contribution >= 4 is 18.0 Å². The third-order valence-electron chi connectivity index (χ3n) is 2.14. The molecule has 1 saturated heterocycles. The van der Waals surface area contributed by atoms with Gasteiger partial charge in [0.25, 0.3) is 0 Å². The predicted molar refractivity (Wildman–Crippen MR) is 58.5 cm³/mol. The number of ether oxygens (including phenoxy) is 2. The van der Waals surface area contributed by atoms with Gasteiger partial charge in [-0.3, -0.25) is 4.79 Å². The van der Waals surface area contributed by atoms with E-state index in [1.807, 2.05) is 0 Å². The van der Waals surface area contributed by atoms with Crippen molar-refractivity contribution in [3.05, 3.63) is 0 Å². The van der Waals surface area contributed by atoms with Gasteiger partial charge in [-0.25, -0.2) is 9.59 Å². The van der Waals surface area contributed by atoms with Crippen LogP contribution in [0.5, 0.6) is 0 Å². The van der Waals surface area contributed by atoms with Crippen LogP contribution in [0.4, 0.5) is 9.59 Å². The van der Waals surface area contributed by atoms with Crippen molar-refractivity contribution in [3.8, 4) is 0 Å². The minimum Gasteiger partial charge on any atom is -0.428 e. The molecule has 0 bridgehead atoms. The summed E-state index contributed by atoms with van der Waals surface area (Å²) in [6.07, 6.45) is -1.15. The van der Waals surface area contributed by atoms with Crippen molar-refractivity contribution in [3.63, 3.8) is 0 Å². The predicted octanol–water partition coefficient (Wildman–Crippen LogP) is 1.72. The fourth-order valence-electron chi connectivity index (χ4n) is 1.35. The molecule has 1 rings (SSSR count). The van der Waals surface area contributed by atoms with Crippen LogP contribution in [-0.2, 0) is 14.3 Å². The molecule has 1 aliphatic heterocycles. The summed E-state index contributed by atoms with van der Waals surface area (Å²) < 4.78 is 9.36. The lowest BCUT2D eigenvalue weighted by Crippen LogP contribution is -2.40. The van der Waals surface area contributed by atoms with Crippen molar-refractivity contribution in [1.29, 1.82) is 0 Å². The maximum Gasteiger partial charge on any atom is 0.517 e. The number of Topliss-reactive ketones (excluding diaryl/α,β-unsaturated/α-hetero) is 1. The summed E-state index contributed by atoms with van der Waals surface area (Å²) in [5.41, 5.74) is -0.699. The van der Waals surface area contributed by atoms with E-state index < -0.39 is 17.8 Å². The summed E-state index contributed by atoms with van der Waals surface area (Å²) >= 11 is 0. The topological polar surface area (TPSA) is 72.9 Å². The maximum atomic E-state index is 11.5. The number of nitrogens with zero attached hydrogens (tertiary/aromatic N) is 1. The van der Waals surface area contributed by atoms with Crippen LogP contribution in [0.15, 0.2) is 0 Å². The van der Waals surface area contributed by atoms with E-state index in [0.717, 1.165) is 0 Å². The molecule has 6 heteroatoms. The summed E-state index contributed by atoms with van der Waals surface area (Å²) in [5.74, 6) is 0.117. The van der Waals surface area contributed by atoms with Gasteiger partial charge in [0.1, 0.15) is 11.4 Å². The largest absolute Gasteiger partial charge is 0.517 e. The first-order chi connectivity index (χ1) is 7.78. The molecule has 0 atom stereocenters. The Hall–Kier alpha value is -1.59. The summed E-state index contributed by atoms with van der Waals surface area (Å²) in [6.45, 7) is 5.62. The molecule has 0 aromatic carbocycles. The van der Waals surface area contributed by atoms with Crippen LogP contribution in [0, 0.1) is 0 Å². The van der Waals surface area contributed by atoms with E-state index >= 15 is 0 Å². The minimum absolute atomic E-state index is 0.117. The molecule has 17 heavy (non-hydrogen) atoms. The summed E-state index contributed by atoms with van der Waals surface area (Å²) in [5, 5.41) is 0. The number of rotatable bonds is 0. The van der Waals surface area contributed by atoms with E-state index in [2.05, 4.69) is 4.74 Å². The SMILES string of the molecule is CC(C)(C)OC(=O)OC(=O)N1CCC(=O)CC1. The van der Waals surface area contributed by atoms with Crippen LogP contribution in [0.2, 0.25) is 0 Å². The van der Waals surface area contributed by atoms with Crippen LogP contribution < -0.4 is 0 Å². The molecule has 0 unspecified atom stereocenters.